The van der Waals surface area contributed by atoms with E-state index in [1.165, 1.54) is 0 Å². The van der Waals surface area contributed by atoms with Gasteiger partial charge in [0.2, 0.25) is 0 Å². The second kappa shape index (κ2) is 5.49. The maximum Gasteiger partial charge on any atom is 0.146 e. The summed E-state index contributed by atoms with van der Waals surface area (Å²) in [7, 11) is 0. The van der Waals surface area contributed by atoms with Crippen molar-refractivity contribution in [1.29, 1.82) is 0 Å². The average Bonchev–Trinajstić information content (AvgIpc) is 2.84. The number of aryl methyl sites for hydroxylation is 1. The van der Waals surface area contributed by atoms with Gasteiger partial charge in [0, 0.05) is 31.2 Å². The van der Waals surface area contributed by atoms with Crippen LogP contribution in [0.5, 0.6) is 0 Å². The Bertz CT molecular complexity index is 452. The Kier molecular flexibility index (Phi) is 3.77. The molecule has 6 heteroatoms. The minimum absolute atomic E-state index is 0.144. The van der Waals surface area contributed by atoms with Crippen molar-refractivity contribution in [2.24, 2.45) is 0 Å². The van der Waals surface area contributed by atoms with E-state index in [-0.39, 0.29) is 6.04 Å². The summed E-state index contributed by atoms with van der Waals surface area (Å²) in [6.07, 6.45) is 6.87. The van der Waals surface area contributed by atoms with Gasteiger partial charge in [0.15, 0.2) is 0 Å². The second-order valence-electron chi connectivity index (χ2n) is 3.77. The summed E-state index contributed by atoms with van der Waals surface area (Å²) >= 11 is 0. The van der Waals surface area contributed by atoms with Gasteiger partial charge in [0.25, 0.3) is 0 Å². The molecule has 0 saturated carbocycles. The van der Waals surface area contributed by atoms with Crippen molar-refractivity contribution in [2.75, 3.05) is 0 Å². The third-order valence-electron chi connectivity index (χ3n) is 2.63. The van der Waals surface area contributed by atoms with Crippen LogP contribution in [-0.2, 0) is 13.1 Å². The van der Waals surface area contributed by atoms with Gasteiger partial charge in [-0.1, -0.05) is 0 Å². The van der Waals surface area contributed by atoms with E-state index in [0.717, 1.165) is 18.1 Å². The molecule has 0 spiro atoms. The van der Waals surface area contributed by atoms with Crippen LogP contribution in [0.25, 0.3) is 0 Å². The highest BCUT2D eigenvalue weighted by atomic mass is 15.3. The molecule has 0 aliphatic carbocycles. The van der Waals surface area contributed by atoms with Crippen LogP contribution in [-0.4, -0.2) is 24.7 Å². The molecule has 0 radical (unpaired) electrons. The highest BCUT2D eigenvalue weighted by molar-refractivity contribution is 5.01. The fourth-order valence-electron chi connectivity index (χ4n) is 1.56. The van der Waals surface area contributed by atoms with Crippen LogP contribution in [0.15, 0.2) is 24.9 Å². The summed E-state index contributed by atoms with van der Waals surface area (Å²) in [4.78, 5) is 8.30. The molecule has 2 heterocycles. The lowest BCUT2D eigenvalue weighted by Crippen LogP contribution is -2.21. The molecule has 2 aromatic heterocycles. The highest BCUT2D eigenvalue weighted by Crippen LogP contribution is 2.07. The zero-order valence-corrected chi connectivity index (χ0v) is 10.0. The molecule has 1 N–H and O–H groups in total. The first-order chi connectivity index (χ1) is 8.31. The van der Waals surface area contributed by atoms with Crippen LogP contribution in [0.1, 0.15) is 31.4 Å². The zero-order chi connectivity index (χ0) is 12.1. The highest BCUT2D eigenvalue weighted by Gasteiger charge is 2.08. The molecule has 1 atom stereocenters. The summed E-state index contributed by atoms with van der Waals surface area (Å²) in [6, 6.07) is 0.144. The predicted molar refractivity (Wildman–Crippen MR) is 63.0 cm³/mol. The van der Waals surface area contributed by atoms with Gasteiger partial charge in [-0.05, 0) is 13.8 Å². The second-order valence-corrected chi connectivity index (χ2v) is 3.77. The first-order valence-corrected chi connectivity index (χ1v) is 5.67. The van der Waals surface area contributed by atoms with Crippen molar-refractivity contribution in [2.45, 2.75) is 33.0 Å². The first kappa shape index (κ1) is 11.7. The third kappa shape index (κ3) is 2.85. The Balaban J connectivity index is 1.95. The van der Waals surface area contributed by atoms with E-state index < -0.39 is 0 Å². The Morgan fingerprint density at radius 2 is 2.29 bits per heavy atom. The monoisotopic (exact) mass is 232 g/mol. The number of aromatic nitrogens is 5. The molecule has 0 aliphatic heterocycles. The van der Waals surface area contributed by atoms with E-state index in [1.54, 1.807) is 24.9 Å². The standard InChI is InChI=1S/C11H16N6/c1-3-17-8-15-16-11(17)7-14-9(2)10-6-12-4-5-13-10/h4-6,8-9,14H,3,7H2,1-2H3. The molecule has 90 valence electrons. The lowest BCUT2D eigenvalue weighted by Gasteiger charge is -2.12. The van der Waals surface area contributed by atoms with Crippen LogP contribution < -0.4 is 5.32 Å². The van der Waals surface area contributed by atoms with Crippen molar-refractivity contribution in [3.8, 4) is 0 Å². The molecule has 2 rings (SSSR count). The van der Waals surface area contributed by atoms with E-state index in [0.29, 0.717) is 6.54 Å². The van der Waals surface area contributed by atoms with Crippen LogP contribution in [0.3, 0.4) is 0 Å². The molecule has 0 fully saturated rings. The minimum Gasteiger partial charge on any atom is -0.317 e. The van der Waals surface area contributed by atoms with Crippen LogP contribution in [0, 0.1) is 0 Å². The van der Waals surface area contributed by atoms with E-state index in [1.807, 2.05) is 4.57 Å². The topological polar surface area (TPSA) is 68.5 Å². The molecular weight excluding hydrogens is 216 g/mol. The molecule has 1 unspecified atom stereocenters. The van der Waals surface area contributed by atoms with Crippen LogP contribution in [0.2, 0.25) is 0 Å². The van der Waals surface area contributed by atoms with Crippen molar-refractivity contribution >= 4 is 0 Å². The van der Waals surface area contributed by atoms with Gasteiger partial charge in [-0.3, -0.25) is 9.97 Å². The van der Waals surface area contributed by atoms with Gasteiger partial charge in [-0.15, -0.1) is 10.2 Å². The lowest BCUT2D eigenvalue weighted by atomic mass is 10.2. The van der Waals surface area contributed by atoms with Gasteiger partial charge in [0.05, 0.1) is 12.2 Å². The average molecular weight is 232 g/mol. The van der Waals surface area contributed by atoms with Crippen molar-refractivity contribution in [3.63, 3.8) is 0 Å². The summed E-state index contributed by atoms with van der Waals surface area (Å²) < 4.78 is 2.01. The molecule has 0 aromatic carbocycles. The summed E-state index contributed by atoms with van der Waals surface area (Å²) in [5, 5.41) is 11.3. The number of rotatable bonds is 5. The van der Waals surface area contributed by atoms with Gasteiger partial charge in [0.1, 0.15) is 12.2 Å². The molecule has 0 bridgehead atoms. The fraction of sp³-hybridized carbons (Fsp3) is 0.455. The van der Waals surface area contributed by atoms with E-state index in [2.05, 4.69) is 39.3 Å². The summed E-state index contributed by atoms with van der Waals surface area (Å²) in [6.45, 7) is 5.67. The maximum absolute atomic E-state index is 4.25. The molecule has 17 heavy (non-hydrogen) atoms. The van der Waals surface area contributed by atoms with Crippen LogP contribution >= 0.6 is 0 Å². The zero-order valence-electron chi connectivity index (χ0n) is 10.0. The normalized spacial score (nSPS) is 12.6. The van der Waals surface area contributed by atoms with Gasteiger partial charge >= 0.3 is 0 Å². The molecule has 6 nitrogen and oxygen atoms in total. The maximum atomic E-state index is 4.25. The van der Waals surface area contributed by atoms with Crippen molar-refractivity contribution in [1.82, 2.24) is 30.0 Å². The smallest absolute Gasteiger partial charge is 0.146 e. The molecule has 0 saturated heterocycles. The van der Waals surface area contributed by atoms with Gasteiger partial charge < -0.3 is 9.88 Å². The Hall–Kier alpha value is -1.82. The van der Waals surface area contributed by atoms with Crippen LogP contribution in [0.4, 0.5) is 0 Å². The largest absolute Gasteiger partial charge is 0.317 e. The molecule has 0 amide bonds. The summed E-state index contributed by atoms with van der Waals surface area (Å²) in [5.41, 5.74) is 0.926. The van der Waals surface area contributed by atoms with E-state index >= 15 is 0 Å². The summed E-state index contributed by atoms with van der Waals surface area (Å²) in [5.74, 6) is 0.934. The Labute approximate surface area is 100 Å². The fourth-order valence-corrected chi connectivity index (χ4v) is 1.56. The van der Waals surface area contributed by atoms with E-state index in [9.17, 15) is 0 Å². The van der Waals surface area contributed by atoms with Gasteiger partial charge in [-0.2, -0.15) is 0 Å². The van der Waals surface area contributed by atoms with Gasteiger partial charge in [-0.25, -0.2) is 0 Å². The quantitative estimate of drug-likeness (QED) is 0.830. The number of hydrogen-bond acceptors (Lipinski definition) is 5. The molecular formula is C11H16N6. The van der Waals surface area contributed by atoms with E-state index in [4.69, 9.17) is 0 Å². The Morgan fingerprint density at radius 3 is 3.00 bits per heavy atom. The number of hydrogen-bond donors (Lipinski definition) is 1. The van der Waals surface area contributed by atoms with Crippen molar-refractivity contribution in [3.05, 3.63) is 36.4 Å². The number of nitrogens with one attached hydrogen (secondary N) is 1. The molecule has 0 aliphatic rings. The lowest BCUT2D eigenvalue weighted by molar-refractivity contribution is 0.528. The predicted octanol–water partition coefficient (Wildman–Crippen LogP) is 0.939. The Morgan fingerprint density at radius 1 is 1.41 bits per heavy atom. The molecule has 2 aromatic rings. The minimum atomic E-state index is 0.144. The third-order valence-corrected chi connectivity index (χ3v) is 2.63. The first-order valence-electron chi connectivity index (χ1n) is 5.67. The number of nitrogens with zero attached hydrogens (tertiary/aromatic N) is 5. The van der Waals surface area contributed by atoms with Crippen molar-refractivity contribution < 1.29 is 0 Å². The SMILES string of the molecule is CCn1cnnc1CNC(C)c1cnccn1.